The second-order valence-corrected chi connectivity index (χ2v) is 3.72. The van der Waals surface area contributed by atoms with E-state index in [0.29, 0.717) is 15.4 Å². The van der Waals surface area contributed by atoms with Gasteiger partial charge in [-0.3, -0.25) is 0 Å². The average Bonchev–Trinajstić information content (AvgIpc) is 1.83. The van der Waals surface area contributed by atoms with Gasteiger partial charge in [-0.05, 0) is 0 Å². The van der Waals surface area contributed by atoms with Crippen molar-refractivity contribution in [1.29, 1.82) is 0 Å². The van der Waals surface area contributed by atoms with Crippen LogP contribution in [0.4, 0.5) is 0 Å². The third kappa shape index (κ3) is 9.13. The van der Waals surface area contributed by atoms with E-state index in [1.807, 2.05) is 0 Å². The summed E-state index contributed by atoms with van der Waals surface area (Å²) in [5, 5.41) is 1.36. The molecule has 0 atom stereocenters. The molecule has 0 heterocycles. The van der Waals surface area contributed by atoms with Crippen molar-refractivity contribution in [3.05, 3.63) is 0 Å². The molecule has 0 saturated carbocycles. The van der Waals surface area contributed by atoms with Crippen molar-refractivity contribution >= 4 is 41.3 Å². The molecule has 0 N–H and O–H groups in total. The molecule has 0 fully saturated rings. The smallest absolute Gasteiger partial charge is 0.147 e. The first-order chi connectivity index (χ1) is 3.85. The summed E-state index contributed by atoms with van der Waals surface area (Å²) in [6.45, 7) is 9.19. The predicted octanol–water partition coefficient (Wildman–Crippen LogP) is 1.54. The first-order valence-electron chi connectivity index (χ1n) is 3.42. The first-order valence-corrected chi connectivity index (χ1v) is 4.75. The summed E-state index contributed by atoms with van der Waals surface area (Å²) in [4.78, 5) is 0. The van der Waals surface area contributed by atoms with Gasteiger partial charge < -0.3 is 13.5 Å². The molecule has 0 amide bonds. The Morgan fingerprint density at radius 2 is 1.50 bits per heavy atom. The Morgan fingerprint density at radius 3 is 1.60 bits per heavy atom. The van der Waals surface area contributed by atoms with Crippen LogP contribution in [0.5, 0.6) is 0 Å². The Balaban J connectivity index is -0.000000245. The van der Waals surface area contributed by atoms with Gasteiger partial charge in [0.25, 0.3) is 0 Å². The molecule has 0 spiro atoms. The van der Waals surface area contributed by atoms with Crippen LogP contribution in [0.15, 0.2) is 0 Å². The van der Waals surface area contributed by atoms with E-state index in [0.717, 1.165) is 0 Å². The van der Waals surface area contributed by atoms with Crippen LogP contribution in [0.25, 0.3) is 0 Å². The van der Waals surface area contributed by atoms with Crippen molar-refractivity contribution in [2.24, 2.45) is 0 Å². The summed E-state index contributed by atoms with van der Waals surface area (Å²) >= 11 is 0.604. The molecule has 0 aliphatic heterocycles. The Morgan fingerprint density at radius 1 is 1.10 bits per heavy atom. The zero-order valence-electron chi connectivity index (χ0n) is 7.00. The maximum absolute atomic E-state index is 2.51. The fourth-order valence-electron chi connectivity index (χ4n) is 0.740. The van der Waals surface area contributed by atoms with Crippen LogP contribution < -0.4 is 0 Å². The van der Waals surface area contributed by atoms with Gasteiger partial charge in [-0.2, -0.15) is 0 Å². The largest absolute Gasteiger partial charge is 0.813 e. The molecule has 4 heteroatoms. The number of rotatable bonds is 4. The number of thiol groups is 1. The van der Waals surface area contributed by atoms with Gasteiger partial charge in [0.2, 0.25) is 0 Å². The van der Waals surface area contributed by atoms with Crippen LogP contribution >= 0.6 is 12.4 Å². The van der Waals surface area contributed by atoms with Gasteiger partial charge in [0.05, 0.1) is 0 Å². The molecule has 0 aliphatic carbocycles. The molecular weight excluding hydrogens is 181 g/mol. The molecule has 10 heavy (non-hydrogen) atoms. The molecule has 62 valence electrons. The van der Waals surface area contributed by atoms with E-state index < -0.39 is 0 Å². The normalized spacial score (nSPS) is 7.60. The van der Waals surface area contributed by atoms with E-state index in [1.54, 1.807) is 0 Å². The summed E-state index contributed by atoms with van der Waals surface area (Å²) in [5.41, 5.74) is 0. The summed E-state index contributed by atoms with van der Waals surface area (Å²) in [7, 11) is 0. The van der Waals surface area contributed by atoms with Crippen molar-refractivity contribution in [3.63, 3.8) is 0 Å². The van der Waals surface area contributed by atoms with E-state index in [-0.39, 0.29) is 25.9 Å². The fourth-order valence-corrected chi connectivity index (χ4v) is 1.77. The van der Waals surface area contributed by atoms with Crippen molar-refractivity contribution < 1.29 is 0 Å². The third-order valence-corrected chi connectivity index (χ3v) is 2.86. The van der Waals surface area contributed by atoms with Gasteiger partial charge in [0, 0.05) is 0 Å². The SMILES string of the molecule is C[CH2][Al+][N](CC)CC.Cl.[SH-]. The van der Waals surface area contributed by atoms with Gasteiger partial charge in [-0.15, -0.1) is 12.4 Å². The van der Waals surface area contributed by atoms with Crippen LogP contribution in [0.2, 0.25) is 5.28 Å². The maximum Gasteiger partial charge on any atom is -0.147 e. The molecule has 0 aromatic heterocycles. The minimum Gasteiger partial charge on any atom is -0.813 e. The number of hydrogen-bond acceptors (Lipinski definition) is 2. The predicted molar refractivity (Wildman–Crippen MR) is 55.2 cm³/mol. The van der Waals surface area contributed by atoms with Crippen molar-refractivity contribution in [2.45, 2.75) is 26.1 Å². The summed E-state index contributed by atoms with van der Waals surface area (Å²) < 4.78 is 2.51. The Labute approximate surface area is 84.3 Å². The molecule has 0 aromatic carbocycles. The zero-order valence-corrected chi connectivity index (χ0v) is 9.87. The van der Waals surface area contributed by atoms with Crippen molar-refractivity contribution in [2.75, 3.05) is 13.1 Å². The van der Waals surface area contributed by atoms with Crippen LogP contribution in [-0.4, -0.2) is 32.4 Å². The van der Waals surface area contributed by atoms with E-state index in [1.165, 1.54) is 18.4 Å². The summed E-state index contributed by atoms with van der Waals surface area (Å²) in [5.74, 6) is 0. The molecule has 0 aromatic rings. The molecule has 0 saturated heterocycles. The van der Waals surface area contributed by atoms with Gasteiger partial charge in [-0.25, -0.2) is 0 Å². The Hall–Kier alpha value is 1.13. The topological polar surface area (TPSA) is 3.24 Å². The standard InChI is InChI=1S/C4H10N.C2H5.Al.ClH.H2S/c1-3-5-4-2;1-2;;;/h3-4H2,1-2H3;1H2,2H3;;1H;1H2/q-1;;+2;;/p-1. The molecule has 0 aliphatic rings. The number of hydrogen-bond donors (Lipinski definition) is 0. The van der Waals surface area contributed by atoms with Crippen LogP contribution in [0.3, 0.4) is 0 Å². The minimum atomic E-state index is 0. The van der Waals surface area contributed by atoms with E-state index >= 15 is 0 Å². The first kappa shape index (κ1) is 17.3. The molecular formula is C6H17AlClNS. The second-order valence-electron chi connectivity index (χ2n) is 1.81. The quantitative estimate of drug-likeness (QED) is 0.382. The van der Waals surface area contributed by atoms with Gasteiger partial charge in [0.15, 0.2) is 0 Å². The number of halogens is 1. The van der Waals surface area contributed by atoms with Crippen LogP contribution in [0, 0.1) is 0 Å². The molecule has 0 rings (SSSR count). The minimum absolute atomic E-state index is 0. The third-order valence-electron chi connectivity index (χ3n) is 1.25. The van der Waals surface area contributed by atoms with Crippen molar-refractivity contribution in [1.82, 2.24) is 3.88 Å². The zero-order chi connectivity index (χ0) is 6.41. The Bertz CT molecular complexity index is 53.0. The monoisotopic (exact) mass is 197 g/mol. The van der Waals surface area contributed by atoms with Gasteiger partial charge in [0.1, 0.15) is 0 Å². The van der Waals surface area contributed by atoms with E-state index in [4.69, 9.17) is 0 Å². The summed E-state index contributed by atoms with van der Waals surface area (Å²) in [6, 6.07) is 0. The molecule has 0 unspecified atom stereocenters. The van der Waals surface area contributed by atoms with Gasteiger partial charge in [-0.1, -0.05) is 0 Å². The second kappa shape index (κ2) is 12.8. The number of nitrogens with zero attached hydrogens (tertiary/aromatic N) is 1. The molecule has 0 radical (unpaired) electrons. The Kier molecular flexibility index (Phi) is 22.1. The maximum atomic E-state index is 2.51. The van der Waals surface area contributed by atoms with Crippen LogP contribution in [-0.2, 0) is 13.5 Å². The molecule has 0 bridgehead atoms. The molecule has 1 nitrogen and oxygen atoms in total. The van der Waals surface area contributed by atoms with Crippen molar-refractivity contribution in [3.8, 4) is 0 Å². The van der Waals surface area contributed by atoms with E-state index in [2.05, 4.69) is 24.7 Å². The van der Waals surface area contributed by atoms with Crippen LogP contribution in [0.1, 0.15) is 20.8 Å². The fraction of sp³-hybridized carbons (Fsp3) is 1.00. The van der Waals surface area contributed by atoms with Gasteiger partial charge >= 0.3 is 58.5 Å². The summed E-state index contributed by atoms with van der Waals surface area (Å²) in [6.07, 6.45) is 0. The average molecular weight is 198 g/mol. The van der Waals surface area contributed by atoms with E-state index in [9.17, 15) is 0 Å².